The molecular weight excluding hydrogens is 378 g/mol. The van der Waals surface area contributed by atoms with E-state index < -0.39 is 0 Å². The lowest BCUT2D eigenvalue weighted by Gasteiger charge is -2.27. The standard InChI is InChI=1S/C21H27N3O3.ClH/c1-5-18-19(13(2)27-22-18)21(25)24-11-15-10-23(3)20(17(15)12-24)14-6-8-16(26-4)9-7-14;/h6-9,15,17,20H,5,10-12H2,1-4H3;1H/t15-,17+,20-;/m0./s1. The van der Waals surface area contributed by atoms with Gasteiger partial charge in [0.25, 0.3) is 5.91 Å². The van der Waals surface area contributed by atoms with Crippen molar-refractivity contribution in [3.05, 3.63) is 46.8 Å². The maximum Gasteiger partial charge on any atom is 0.259 e. The second-order valence-corrected chi connectivity index (χ2v) is 7.71. The van der Waals surface area contributed by atoms with E-state index in [0.29, 0.717) is 35.6 Å². The number of hydrogen-bond acceptors (Lipinski definition) is 5. The minimum atomic E-state index is 0. The van der Waals surface area contributed by atoms with Crippen LogP contribution in [-0.4, -0.2) is 54.7 Å². The molecule has 4 rings (SSSR count). The lowest BCUT2D eigenvalue weighted by Crippen LogP contribution is -2.34. The van der Waals surface area contributed by atoms with Crippen molar-refractivity contribution < 1.29 is 14.1 Å². The monoisotopic (exact) mass is 405 g/mol. The molecule has 1 aromatic heterocycles. The molecule has 3 atom stereocenters. The van der Waals surface area contributed by atoms with Crippen molar-refractivity contribution in [2.45, 2.75) is 26.3 Å². The van der Waals surface area contributed by atoms with Crippen LogP contribution < -0.4 is 4.74 Å². The Labute approximate surface area is 172 Å². The molecule has 1 aromatic carbocycles. The number of halogens is 1. The van der Waals surface area contributed by atoms with E-state index in [-0.39, 0.29) is 18.3 Å². The van der Waals surface area contributed by atoms with E-state index in [1.165, 1.54) is 5.56 Å². The van der Waals surface area contributed by atoms with Gasteiger partial charge in [-0.3, -0.25) is 9.69 Å². The number of carbonyl (C=O) groups excluding carboxylic acids is 1. The molecule has 7 heteroatoms. The quantitative estimate of drug-likeness (QED) is 0.780. The first kappa shape index (κ1) is 20.7. The number of benzene rings is 1. The average Bonchev–Trinajstić information content (AvgIpc) is 3.33. The molecule has 0 spiro atoms. The van der Waals surface area contributed by atoms with E-state index in [0.717, 1.165) is 31.1 Å². The van der Waals surface area contributed by atoms with E-state index >= 15 is 0 Å². The van der Waals surface area contributed by atoms with Crippen LogP contribution in [0.25, 0.3) is 0 Å². The molecule has 0 bridgehead atoms. The van der Waals surface area contributed by atoms with Gasteiger partial charge in [-0.05, 0) is 44.0 Å². The van der Waals surface area contributed by atoms with Crippen molar-refractivity contribution >= 4 is 18.3 Å². The second kappa shape index (κ2) is 8.13. The highest BCUT2D eigenvalue weighted by Gasteiger charge is 2.47. The van der Waals surface area contributed by atoms with Gasteiger partial charge in [0.05, 0.1) is 12.8 Å². The van der Waals surface area contributed by atoms with Crippen LogP contribution in [-0.2, 0) is 6.42 Å². The molecule has 2 fully saturated rings. The van der Waals surface area contributed by atoms with Crippen molar-refractivity contribution in [2.75, 3.05) is 33.8 Å². The van der Waals surface area contributed by atoms with Crippen LogP contribution in [0, 0.1) is 18.8 Å². The Hall–Kier alpha value is -2.05. The van der Waals surface area contributed by atoms with Crippen LogP contribution in [0.4, 0.5) is 0 Å². The lowest BCUT2D eigenvalue weighted by molar-refractivity contribution is 0.0765. The minimum absolute atomic E-state index is 0. The van der Waals surface area contributed by atoms with Crippen molar-refractivity contribution in [1.82, 2.24) is 15.0 Å². The average molecular weight is 406 g/mol. The van der Waals surface area contributed by atoms with Gasteiger partial charge in [0.2, 0.25) is 0 Å². The van der Waals surface area contributed by atoms with Crippen molar-refractivity contribution in [3.8, 4) is 5.75 Å². The molecule has 2 saturated heterocycles. The van der Waals surface area contributed by atoms with Gasteiger partial charge in [-0.25, -0.2) is 0 Å². The first-order valence-electron chi connectivity index (χ1n) is 9.62. The fourth-order valence-electron chi connectivity index (χ4n) is 4.82. The summed E-state index contributed by atoms with van der Waals surface area (Å²) >= 11 is 0. The van der Waals surface area contributed by atoms with Crippen molar-refractivity contribution in [3.63, 3.8) is 0 Å². The fraction of sp³-hybridized carbons (Fsp3) is 0.524. The summed E-state index contributed by atoms with van der Waals surface area (Å²) in [6.07, 6.45) is 0.705. The molecule has 6 nitrogen and oxygen atoms in total. The first-order chi connectivity index (χ1) is 13.0. The van der Waals surface area contributed by atoms with E-state index in [1.54, 1.807) is 7.11 Å². The molecule has 0 radical (unpaired) electrons. The van der Waals surface area contributed by atoms with Crippen LogP contribution >= 0.6 is 12.4 Å². The summed E-state index contributed by atoms with van der Waals surface area (Å²) in [5, 5.41) is 4.05. The van der Waals surface area contributed by atoms with Crippen molar-refractivity contribution in [2.24, 2.45) is 11.8 Å². The van der Waals surface area contributed by atoms with Gasteiger partial charge in [0.15, 0.2) is 0 Å². The largest absolute Gasteiger partial charge is 0.497 e. The molecule has 152 valence electrons. The van der Waals surface area contributed by atoms with Crippen LogP contribution in [0.3, 0.4) is 0 Å². The maximum atomic E-state index is 13.1. The van der Waals surface area contributed by atoms with E-state index in [2.05, 4.69) is 29.2 Å². The molecule has 2 aromatic rings. The predicted molar refractivity (Wildman–Crippen MR) is 109 cm³/mol. The van der Waals surface area contributed by atoms with Crippen LogP contribution in [0.5, 0.6) is 5.75 Å². The zero-order chi connectivity index (χ0) is 19.1. The van der Waals surface area contributed by atoms with Gasteiger partial charge < -0.3 is 14.2 Å². The van der Waals surface area contributed by atoms with Crippen LogP contribution in [0.1, 0.15) is 40.3 Å². The van der Waals surface area contributed by atoms with Crippen LogP contribution in [0.2, 0.25) is 0 Å². The van der Waals surface area contributed by atoms with E-state index in [4.69, 9.17) is 9.26 Å². The Morgan fingerprint density at radius 3 is 2.61 bits per heavy atom. The van der Waals surface area contributed by atoms with Gasteiger partial charge in [0, 0.05) is 31.6 Å². The third-order valence-corrected chi connectivity index (χ3v) is 6.12. The lowest BCUT2D eigenvalue weighted by atomic mass is 9.89. The number of nitrogens with zero attached hydrogens (tertiary/aromatic N) is 3. The Balaban J connectivity index is 0.00000225. The number of rotatable bonds is 4. The Bertz CT molecular complexity index is 836. The Morgan fingerprint density at radius 2 is 1.96 bits per heavy atom. The topological polar surface area (TPSA) is 58.8 Å². The highest BCUT2D eigenvalue weighted by molar-refractivity contribution is 5.96. The summed E-state index contributed by atoms with van der Waals surface area (Å²) in [6.45, 7) is 6.41. The highest BCUT2D eigenvalue weighted by Crippen LogP contribution is 2.44. The third-order valence-electron chi connectivity index (χ3n) is 6.12. The zero-order valence-corrected chi connectivity index (χ0v) is 17.7. The molecule has 1 amide bonds. The van der Waals surface area contributed by atoms with Crippen molar-refractivity contribution in [1.29, 1.82) is 0 Å². The van der Waals surface area contributed by atoms with Crippen LogP contribution in [0.15, 0.2) is 28.8 Å². The number of aromatic nitrogens is 1. The number of likely N-dealkylation sites (tertiary alicyclic amines) is 2. The van der Waals surface area contributed by atoms with Gasteiger partial charge in [-0.2, -0.15) is 0 Å². The summed E-state index contributed by atoms with van der Waals surface area (Å²) in [5.74, 6) is 2.50. The summed E-state index contributed by atoms with van der Waals surface area (Å²) in [5.41, 5.74) is 2.71. The third kappa shape index (κ3) is 3.40. The first-order valence-corrected chi connectivity index (χ1v) is 9.62. The predicted octanol–water partition coefficient (Wildman–Crippen LogP) is 3.35. The fourth-order valence-corrected chi connectivity index (χ4v) is 4.82. The number of ether oxygens (including phenoxy) is 1. The SMILES string of the molecule is CCc1noc(C)c1C(=O)N1C[C@@H]2CN(C)[C@@H](c3ccc(OC)cc3)[C@@H]2C1.Cl. The Kier molecular flexibility index (Phi) is 6.01. The van der Waals surface area contributed by atoms with E-state index in [9.17, 15) is 4.79 Å². The number of hydrogen-bond donors (Lipinski definition) is 0. The molecule has 0 saturated carbocycles. The van der Waals surface area contributed by atoms with Gasteiger partial charge in [0.1, 0.15) is 17.1 Å². The number of fused-ring (bicyclic) bond motifs is 1. The van der Waals surface area contributed by atoms with Gasteiger partial charge in [-0.15, -0.1) is 12.4 Å². The molecule has 0 aliphatic carbocycles. The van der Waals surface area contributed by atoms with Gasteiger partial charge in [-0.1, -0.05) is 24.2 Å². The number of carbonyl (C=O) groups is 1. The summed E-state index contributed by atoms with van der Waals surface area (Å²) in [7, 11) is 3.86. The molecule has 28 heavy (non-hydrogen) atoms. The number of amides is 1. The molecular formula is C21H28ClN3O3. The summed E-state index contributed by atoms with van der Waals surface area (Å²) in [6, 6.07) is 8.65. The minimum Gasteiger partial charge on any atom is -0.497 e. The molecule has 2 aliphatic rings. The van der Waals surface area contributed by atoms with E-state index in [1.807, 2.05) is 30.9 Å². The summed E-state index contributed by atoms with van der Waals surface area (Å²) in [4.78, 5) is 17.6. The molecule has 0 unspecified atom stereocenters. The second-order valence-electron chi connectivity index (χ2n) is 7.71. The summed E-state index contributed by atoms with van der Waals surface area (Å²) < 4.78 is 10.6. The maximum absolute atomic E-state index is 13.1. The Morgan fingerprint density at radius 1 is 1.25 bits per heavy atom. The zero-order valence-electron chi connectivity index (χ0n) is 16.8. The molecule has 3 heterocycles. The highest BCUT2D eigenvalue weighted by atomic mass is 35.5. The smallest absolute Gasteiger partial charge is 0.259 e. The number of methoxy groups -OCH3 is 1. The van der Waals surface area contributed by atoms with Gasteiger partial charge >= 0.3 is 0 Å². The number of aryl methyl sites for hydroxylation is 2. The molecule has 2 aliphatic heterocycles. The molecule has 0 N–H and O–H groups in total. The normalized spacial score (nSPS) is 24.1.